The molecule has 0 amide bonds. The molecule has 2 aromatic carbocycles. The van der Waals surface area contributed by atoms with Crippen LogP contribution in [-0.2, 0) is 23.2 Å². The number of allylic oxidation sites excluding steroid dienone is 5. The van der Waals surface area contributed by atoms with Gasteiger partial charge in [0.15, 0.2) is 0 Å². The first-order chi connectivity index (χ1) is 13.1. The third kappa shape index (κ3) is 3.74. The number of para-hydroxylation sites is 1. The summed E-state index contributed by atoms with van der Waals surface area (Å²) in [7, 11) is 0. The molecule has 2 aliphatic carbocycles. The van der Waals surface area contributed by atoms with Gasteiger partial charge in [0.1, 0.15) is 0 Å². The second-order valence-electron chi connectivity index (χ2n) is 7.58. The van der Waals surface area contributed by atoms with Crippen LogP contribution in [0.1, 0.15) is 41.9 Å². The molecule has 1 heterocycles. The predicted molar refractivity (Wildman–Crippen MR) is 109 cm³/mol. The van der Waals surface area contributed by atoms with Gasteiger partial charge in [-0.1, -0.05) is 0 Å². The molecule has 2 nitrogen and oxygen atoms in total. The van der Waals surface area contributed by atoms with Crippen molar-refractivity contribution in [3.05, 3.63) is 85.9 Å². The van der Waals surface area contributed by atoms with E-state index in [1.807, 2.05) is 6.20 Å². The molecule has 0 radical (unpaired) electrons. The van der Waals surface area contributed by atoms with Crippen LogP contribution in [-0.4, -0.2) is 9.78 Å². The van der Waals surface area contributed by atoms with Gasteiger partial charge in [0, 0.05) is 0 Å². The number of hydrogen-bond donors (Lipinski definition) is 0. The van der Waals surface area contributed by atoms with Gasteiger partial charge in [0.2, 0.25) is 0 Å². The summed E-state index contributed by atoms with van der Waals surface area (Å²) in [6.07, 6.45) is 5.56. The van der Waals surface area contributed by atoms with E-state index in [2.05, 4.69) is 80.1 Å². The van der Waals surface area contributed by atoms with E-state index >= 15 is 0 Å². The van der Waals surface area contributed by atoms with E-state index in [4.69, 9.17) is 5.10 Å². The van der Waals surface area contributed by atoms with Gasteiger partial charge >= 0.3 is 172 Å². The Balaban J connectivity index is 0.00000120. The molecule has 29 heavy (non-hydrogen) atoms. The fraction of sp³-hybridized carbons (Fsp3) is 0.208. The number of benzene rings is 2. The van der Waals surface area contributed by atoms with Gasteiger partial charge in [0.05, 0.1) is 0 Å². The molecular formula is C24H22Cl2N2Zr. The van der Waals surface area contributed by atoms with Crippen molar-refractivity contribution in [3.8, 4) is 0 Å². The van der Waals surface area contributed by atoms with Gasteiger partial charge in [-0.2, -0.15) is 0 Å². The van der Waals surface area contributed by atoms with Crippen LogP contribution in [0.4, 0.5) is 0 Å². The van der Waals surface area contributed by atoms with Crippen molar-refractivity contribution in [3.63, 3.8) is 0 Å². The molecule has 1 unspecified atom stereocenters. The first-order valence-corrected chi connectivity index (χ1v) is 12.1. The summed E-state index contributed by atoms with van der Waals surface area (Å²) in [5, 5.41) is 5.99. The Bertz CT molecular complexity index is 1170. The minimum atomic E-state index is -0.830. The Morgan fingerprint density at radius 2 is 1.66 bits per heavy atom. The number of aromatic nitrogens is 2. The molecule has 0 fully saturated rings. The molecule has 5 rings (SSSR count). The molecule has 0 spiro atoms. The summed E-state index contributed by atoms with van der Waals surface area (Å²) in [6.45, 7) is 6.92. The molecule has 0 bridgehead atoms. The number of hydrogen-bond acceptors (Lipinski definition) is 1. The Kier molecular flexibility index (Phi) is 6.73. The topological polar surface area (TPSA) is 17.8 Å². The average Bonchev–Trinajstić information content (AvgIpc) is 3.33. The predicted octanol–water partition coefficient (Wildman–Crippen LogP) is 0.194. The molecule has 1 aromatic heterocycles. The van der Waals surface area contributed by atoms with Gasteiger partial charge in [-0.25, -0.2) is 0 Å². The fourth-order valence-corrected chi connectivity index (χ4v) is 8.88. The van der Waals surface area contributed by atoms with E-state index < -0.39 is 23.2 Å². The number of nitrogens with zero attached hydrogens (tertiary/aromatic N) is 2. The van der Waals surface area contributed by atoms with Crippen molar-refractivity contribution in [1.82, 2.24) is 9.78 Å². The van der Waals surface area contributed by atoms with E-state index in [-0.39, 0.29) is 24.8 Å². The van der Waals surface area contributed by atoms with E-state index in [9.17, 15) is 0 Å². The van der Waals surface area contributed by atoms with Gasteiger partial charge < -0.3 is 24.8 Å². The average molecular weight is 501 g/mol. The molecule has 0 saturated heterocycles. The van der Waals surface area contributed by atoms with E-state index in [1.165, 1.54) is 39.7 Å². The largest absolute Gasteiger partial charge is 1.00 e. The van der Waals surface area contributed by atoms with Crippen molar-refractivity contribution in [2.75, 3.05) is 0 Å². The third-order valence-corrected chi connectivity index (χ3v) is 10.5. The number of rotatable bonds is 3. The standard InChI is InChI=1S/C16H11N2.C8H11.2ClH.Zr/c1-2-6-13-10-15(9-12(13)5-1)18-16-8-4-3-7-14(16)11-17-18;1-6-4-5-7(2)8(6)3;;;/h1-11H;4H2,1-3H3;2*1H;/q;;;;+2/p-2. The van der Waals surface area contributed by atoms with E-state index in [0.29, 0.717) is 3.63 Å². The summed E-state index contributed by atoms with van der Waals surface area (Å²) in [5.74, 6) is 0. The molecule has 3 aromatic rings. The molecule has 2 aliphatic rings. The second-order valence-corrected chi connectivity index (χ2v) is 11.2. The number of halogens is 2. The summed E-state index contributed by atoms with van der Waals surface area (Å²) in [4.78, 5) is 0. The normalized spacial score (nSPS) is 17.6. The van der Waals surface area contributed by atoms with Gasteiger partial charge in [-0.15, -0.1) is 0 Å². The first kappa shape index (κ1) is 22.3. The maximum Gasteiger partial charge on any atom is -1.00 e. The third-order valence-electron chi connectivity index (χ3n) is 6.04. The summed E-state index contributed by atoms with van der Waals surface area (Å²) >= 11 is -0.830. The van der Waals surface area contributed by atoms with Crippen LogP contribution in [0.2, 0.25) is 0 Å². The van der Waals surface area contributed by atoms with Crippen LogP contribution >= 0.6 is 0 Å². The second kappa shape index (κ2) is 8.76. The van der Waals surface area contributed by atoms with Crippen LogP contribution < -0.4 is 24.8 Å². The summed E-state index contributed by atoms with van der Waals surface area (Å²) in [5.41, 5.74) is 10.1. The quantitative estimate of drug-likeness (QED) is 0.503. The van der Waals surface area contributed by atoms with E-state index in [0.717, 1.165) is 0 Å². The van der Waals surface area contributed by atoms with Crippen molar-refractivity contribution in [1.29, 1.82) is 0 Å². The maximum absolute atomic E-state index is 4.78. The van der Waals surface area contributed by atoms with Crippen molar-refractivity contribution < 1.29 is 48.0 Å². The van der Waals surface area contributed by atoms with E-state index in [1.54, 1.807) is 14.4 Å². The maximum atomic E-state index is 4.78. The molecule has 1 atom stereocenters. The Labute approximate surface area is 196 Å². The first-order valence-electron chi connectivity index (χ1n) is 9.50. The summed E-state index contributed by atoms with van der Waals surface area (Å²) in [6, 6.07) is 17.5. The molecule has 146 valence electrons. The van der Waals surface area contributed by atoms with Crippen molar-refractivity contribution in [2.24, 2.45) is 0 Å². The van der Waals surface area contributed by atoms with Crippen LogP contribution in [0.25, 0.3) is 22.7 Å². The molecule has 5 heteroatoms. The Morgan fingerprint density at radius 1 is 0.931 bits per heavy atom. The fourth-order valence-electron chi connectivity index (χ4n) is 4.23. The van der Waals surface area contributed by atoms with Crippen molar-refractivity contribution in [2.45, 2.75) is 30.8 Å². The molecule has 0 N–H and O–H groups in total. The monoisotopic (exact) mass is 498 g/mol. The van der Waals surface area contributed by atoms with Crippen LogP contribution in [0.5, 0.6) is 0 Å². The zero-order chi connectivity index (χ0) is 18.5. The van der Waals surface area contributed by atoms with Crippen LogP contribution in [0.3, 0.4) is 0 Å². The minimum absolute atomic E-state index is 0. The number of fused-ring (bicyclic) bond motifs is 2. The molecular weight excluding hydrogens is 478 g/mol. The molecule has 0 saturated carbocycles. The molecule has 0 aliphatic heterocycles. The van der Waals surface area contributed by atoms with Gasteiger partial charge in [-0.05, 0) is 0 Å². The van der Waals surface area contributed by atoms with Crippen molar-refractivity contribution >= 4 is 22.7 Å². The minimum Gasteiger partial charge on any atom is -1.00 e. The zero-order valence-corrected chi connectivity index (χ0v) is 20.7. The Hall–Kier alpha value is -1.41. The van der Waals surface area contributed by atoms with Gasteiger partial charge in [0.25, 0.3) is 0 Å². The SMILES string of the molecule is CC1=C(C)C(C)=[C]([Zr+2][CH]2C(n3ncc4ccccc43)=Cc3ccccc32)C1.[Cl-].[Cl-]. The van der Waals surface area contributed by atoms with Crippen LogP contribution in [0, 0.1) is 0 Å². The van der Waals surface area contributed by atoms with Crippen LogP contribution in [0.15, 0.2) is 74.7 Å². The smallest absolute Gasteiger partial charge is 1.00 e. The zero-order valence-electron chi connectivity index (χ0n) is 16.7. The Morgan fingerprint density at radius 3 is 2.41 bits per heavy atom. The summed E-state index contributed by atoms with van der Waals surface area (Å²) < 4.78 is 4.47. The van der Waals surface area contributed by atoms with Gasteiger partial charge in [-0.3, -0.25) is 0 Å².